The number of hydrogen-bond acceptors (Lipinski definition) is 8. The Balaban J connectivity index is 1.43. The van der Waals surface area contributed by atoms with Crippen LogP contribution in [0, 0.1) is 5.92 Å². The molecule has 0 spiro atoms. The van der Waals surface area contributed by atoms with E-state index in [0.29, 0.717) is 34.9 Å². The number of furan rings is 1. The average Bonchev–Trinajstić information content (AvgIpc) is 3.31. The molecule has 0 saturated carbocycles. The smallest absolute Gasteiger partial charge is 0.194 e. The third kappa shape index (κ3) is 4.88. The fourth-order valence-corrected chi connectivity index (χ4v) is 5.51. The molecule has 0 amide bonds. The molecule has 0 bridgehead atoms. The van der Waals surface area contributed by atoms with Crippen molar-refractivity contribution in [2.75, 3.05) is 35.3 Å². The van der Waals surface area contributed by atoms with E-state index in [1.165, 1.54) is 18.8 Å². The summed E-state index contributed by atoms with van der Waals surface area (Å²) in [4.78, 5) is 27.5. The highest BCUT2D eigenvalue weighted by Gasteiger charge is 2.29. The maximum absolute atomic E-state index is 11.6. The van der Waals surface area contributed by atoms with Crippen molar-refractivity contribution in [3.8, 4) is 11.4 Å². The lowest BCUT2D eigenvalue weighted by atomic mass is 9.93. The number of benzene rings is 1. The van der Waals surface area contributed by atoms with Crippen molar-refractivity contribution in [1.82, 2.24) is 15.0 Å². The highest BCUT2D eigenvalue weighted by molar-refractivity contribution is 7.84. The van der Waals surface area contributed by atoms with Crippen LogP contribution in [0.3, 0.4) is 0 Å². The van der Waals surface area contributed by atoms with Crippen LogP contribution in [0.4, 0.5) is 17.3 Å². The van der Waals surface area contributed by atoms with Gasteiger partial charge < -0.3 is 14.6 Å². The second-order valence-electron chi connectivity index (χ2n) is 9.60. The van der Waals surface area contributed by atoms with Crippen LogP contribution < -0.4 is 10.2 Å². The summed E-state index contributed by atoms with van der Waals surface area (Å²) in [6.07, 6.45) is 6.83. The van der Waals surface area contributed by atoms with Crippen LogP contribution in [0.2, 0.25) is 0 Å². The van der Waals surface area contributed by atoms with Gasteiger partial charge in [-0.05, 0) is 41.1 Å². The predicted octanol–water partition coefficient (Wildman–Crippen LogP) is 5.17. The maximum atomic E-state index is 11.6. The Kier molecular flexibility index (Phi) is 6.57. The molecular weight excluding hydrogens is 474 g/mol. The van der Waals surface area contributed by atoms with E-state index in [4.69, 9.17) is 9.40 Å². The van der Waals surface area contributed by atoms with Gasteiger partial charge in [-0.25, -0.2) is 15.0 Å². The molecule has 8 nitrogen and oxygen atoms in total. The Morgan fingerprint density at radius 1 is 1.17 bits per heavy atom. The highest BCUT2D eigenvalue weighted by atomic mass is 32.2. The minimum absolute atomic E-state index is 0.148. The van der Waals surface area contributed by atoms with Crippen LogP contribution in [0.1, 0.15) is 42.8 Å². The SMILES string of the molecule is CC(=O)c1cc(-c2nccc(Nc3cc4c(C(C)C)ccc(N5CC(CS(C)=O)C5)c4cn3)n2)co1. The Labute approximate surface area is 212 Å². The summed E-state index contributed by atoms with van der Waals surface area (Å²) in [7, 11) is -0.768. The van der Waals surface area contributed by atoms with E-state index in [9.17, 15) is 9.00 Å². The number of nitrogens with one attached hydrogen (secondary N) is 1. The first-order valence-electron chi connectivity index (χ1n) is 12.0. The number of hydrogen-bond donors (Lipinski definition) is 1. The number of nitrogens with zero attached hydrogens (tertiary/aromatic N) is 4. The molecule has 4 heterocycles. The molecule has 0 aliphatic carbocycles. The van der Waals surface area contributed by atoms with Crippen LogP contribution in [0.25, 0.3) is 22.2 Å². The van der Waals surface area contributed by atoms with Gasteiger partial charge in [-0.3, -0.25) is 9.00 Å². The number of carbonyl (C=O) groups excluding carboxylic acids is 1. The maximum Gasteiger partial charge on any atom is 0.194 e. The van der Waals surface area contributed by atoms with Crippen LogP contribution in [0.5, 0.6) is 0 Å². The largest absolute Gasteiger partial charge is 0.460 e. The number of ketones is 1. The minimum atomic E-state index is -0.768. The van der Waals surface area contributed by atoms with Crippen LogP contribution >= 0.6 is 0 Å². The van der Waals surface area contributed by atoms with Crippen LogP contribution in [-0.4, -0.2) is 50.0 Å². The van der Waals surface area contributed by atoms with Gasteiger partial charge >= 0.3 is 0 Å². The average molecular weight is 504 g/mol. The zero-order valence-corrected chi connectivity index (χ0v) is 21.6. The molecule has 5 rings (SSSR count). The predicted molar refractivity (Wildman–Crippen MR) is 143 cm³/mol. The number of aromatic nitrogens is 3. The lowest BCUT2D eigenvalue weighted by molar-refractivity contribution is 0.0987. The molecule has 186 valence electrons. The number of anilines is 3. The van der Waals surface area contributed by atoms with E-state index in [1.54, 1.807) is 24.6 Å². The summed E-state index contributed by atoms with van der Waals surface area (Å²) in [5.74, 6) is 3.44. The van der Waals surface area contributed by atoms with Crippen molar-refractivity contribution in [3.05, 3.63) is 60.3 Å². The first kappa shape index (κ1) is 24.1. The minimum Gasteiger partial charge on any atom is -0.460 e. The molecule has 1 N–H and O–H groups in total. The summed E-state index contributed by atoms with van der Waals surface area (Å²) in [5, 5.41) is 5.56. The van der Waals surface area contributed by atoms with E-state index in [1.807, 2.05) is 6.20 Å². The third-order valence-electron chi connectivity index (χ3n) is 6.42. The molecule has 1 saturated heterocycles. The molecule has 1 aromatic carbocycles. The molecule has 1 unspecified atom stereocenters. The van der Waals surface area contributed by atoms with E-state index >= 15 is 0 Å². The number of carbonyl (C=O) groups is 1. The number of rotatable bonds is 8. The molecule has 1 fully saturated rings. The standard InChI is InChI=1S/C27H29N5O3S/c1-16(2)20-5-6-23(32-12-18(13-32)15-36(4)34)22-11-29-26(10-21(20)22)30-25-7-8-28-27(31-25)19-9-24(17(3)33)35-14-19/h5-11,14,16,18H,12-13,15H2,1-4H3,(H,28,29,30,31). The Bertz CT molecular complexity index is 1460. The van der Waals surface area contributed by atoms with Gasteiger partial charge in [-0.1, -0.05) is 19.9 Å². The zero-order valence-electron chi connectivity index (χ0n) is 20.8. The lowest BCUT2D eigenvalue weighted by Gasteiger charge is -2.41. The summed E-state index contributed by atoms with van der Waals surface area (Å²) in [6.45, 7) is 7.67. The van der Waals surface area contributed by atoms with E-state index < -0.39 is 10.8 Å². The van der Waals surface area contributed by atoms with Crippen molar-refractivity contribution in [3.63, 3.8) is 0 Å². The molecule has 9 heteroatoms. The number of Topliss-reactive ketones (excluding diaryl/α,β-unsaturated/α-hetero) is 1. The molecule has 1 aliphatic heterocycles. The van der Waals surface area contributed by atoms with E-state index in [-0.39, 0.29) is 11.5 Å². The van der Waals surface area contributed by atoms with Crippen molar-refractivity contribution < 1.29 is 13.4 Å². The summed E-state index contributed by atoms with van der Waals surface area (Å²) in [5.41, 5.74) is 3.06. The highest BCUT2D eigenvalue weighted by Crippen LogP contribution is 2.37. The molecular formula is C27H29N5O3S. The van der Waals surface area contributed by atoms with Crippen LogP contribution in [0.15, 0.2) is 53.4 Å². The first-order valence-corrected chi connectivity index (χ1v) is 13.7. The van der Waals surface area contributed by atoms with Gasteiger partial charge in [-0.15, -0.1) is 0 Å². The zero-order chi connectivity index (χ0) is 25.4. The number of fused-ring (bicyclic) bond motifs is 1. The molecule has 0 radical (unpaired) electrons. The summed E-state index contributed by atoms with van der Waals surface area (Å²) >= 11 is 0. The van der Waals surface area contributed by atoms with Gasteiger partial charge in [0.25, 0.3) is 0 Å². The lowest BCUT2D eigenvalue weighted by Crippen LogP contribution is -2.49. The fraction of sp³-hybridized carbons (Fsp3) is 0.333. The molecule has 3 aromatic heterocycles. The quantitative estimate of drug-likeness (QED) is 0.329. The molecule has 1 aliphatic rings. The first-order chi connectivity index (χ1) is 17.3. The van der Waals surface area contributed by atoms with Gasteiger partial charge in [-0.2, -0.15) is 0 Å². The van der Waals surface area contributed by atoms with Crippen LogP contribution in [-0.2, 0) is 10.8 Å². The van der Waals surface area contributed by atoms with E-state index in [0.717, 1.165) is 35.3 Å². The van der Waals surface area contributed by atoms with Crippen molar-refractivity contribution in [2.45, 2.75) is 26.7 Å². The number of pyridine rings is 1. The van der Waals surface area contributed by atoms with E-state index in [2.05, 4.69) is 52.2 Å². The van der Waals surface area contributed by atoms with Gasteiger partial charge in [0, 0.05) is 72.2 Å². The summed E-state index contributed by atoms with van der Waals surface area (Å²) < 4.78 is 16.9. The van der Waals surface area contributed by atoms with Crippen molar-refractivity contribution in [1.29, 1.82) is 0 Å². The molecule has 36 heavy (non-hydrogen) atoms. The Morgan fingerprint density at radius 3 is 2.67 bits per heavy atom. The molecule has 1 atom stereocenters. The topological polar surface area (TPSA) is 101 Å². The van der Waals surface area contributed by atoms with Gasteiger partial charge in [0.1, 0.15) is 17.9 Å². The van der Waals surface area contributed by atoms with Gasteiger partial charge in [0.2, 0.25) is 0 Å². The second-order valence-corrected chi connectivity index (χ2v) is 11.1. The van der Waals surface area contributed by atoms with Crippen molar-refractivity contribution in [2.24, 2.45) is 5.92 Å². The summed E-state index contributed by atoms with van der Waals surface area (Å²) in [6, 6.07) is 9.87. The third-order valence-corrected chi connectivity index (χ3v) is 7.36. The van der Waals surface area contributed by atoms with Gasteiger partial charge in [0.05, 0.1) is 5.56 Å². The van der Waals surface area contributed by atoms with Crippen molar-refractivity contribution >= 4 is 44.7 Å². The normalized spacial score (nSPS) is 14.8. The second kappa shape index (κ2) is 9.81. The monoisotopic (exact) mass is 503 g/mol. The fourth-order valence-electron chi connectivity index (χ4n) is 4.63. The Morgan fingerprint density at radius 2 is 1.97 bits per heavy atom. The Hall–Kier alpha value is -3.59. The van der Waals surface area contributed by atoms with Gasteiger partial charge in [0.15, 0.2) is 17.4 Å². The molecule has 4 aromatic rings.